The molecule has 1 atom stereocenters. The second kappa shape index (κ2) is 4.68. The molecule has 6 nitrogen and oxygen atoms in total. The van der Waals surface area contributed by atoms with Gasteiger partial charge >= 0.3 is 6.09 Å². The van der Waals surface area contributed by atoms with E-state index >= 15 is 0 Å². The van der Waals surface area contributed by atoms with Gasteiger partial charge < -0.3 is 9.64 Å². The van der Waals surface area contributed by atoms with Crippen molar-refractivity contribution >= 4 is 11.9 Å². The van der Waals surface area contributed by atoms with Gasteiger partial charge in [0.2, 0.25) is 0 Å². The molecule has 0 spiro atoms. The van der Waals surface area contributed by atoms with Crippen molar-refractivity contribution in [3.8, 4) is 0 Å². The van der Waals surface area contributed by atoms with Gasteiger partial charge in [0, 0.05) is 24.3 Å². The molecule has 0 saturated carbocycles. The van der Waals surface area contributed by atoms with Crippen LogP contribution >= 0.6 is 0 Å². The van der Waals surface area contributed by atoms with Crippen LogP contribution in [0.4, 0.5) is 10.6 Å². The van der Waals surface area contributed by atoms with E-state index in [1.54, 1.807) is 6.33 Å². The van der Waals surface area contributed by atoms with Gasteiger partial charge in [-0.25, -0.2) is 14.8 Å². The molecule has 0 bridgehead atoms. The van der Waals surface area contributed by atoms with E-state index in [1.165, 1.54) is 0 Å². The first-order valence-electron chi connectivity index (χ1n) is 6.63. The maximum absolute atomic E-state index is 11.6. The van der Waals surface area contributed by atoms with Gasteiger partial charge in [-0.05, 0) is 20.3 Å². The number of amides is 1. The zero-order chi connectivity index (χ0) is 13.4. The van der Waals surface area contributed by atoms with Crippen LogP contribution in [0.2, 0.25) is 0 Å². The quantitative estimate of drug-likeness (QED) is 0.799. The van der Waals surface area contributed by atoms with Crippen LogP contribution < -0.4 is 4.90 Å². The summed E-state index contributed by atoms with van der Waals surface area (Å²) in [5.74, 6) is 0.988. The first-order valence-corrected chi connectivity index (χ1v) is 6.63. The van der Waals surface area contributed by atoms with Gasteiger partial charge in [0.25, 0.3) is 0 Å². The van der Waals surface area contributed by atoms with Gasteiger partial charge in [-0.3, -0.25) is 4.90 Å². The Morgan fingerprint density at radius 3 is 2.89 bits per heavy atom. The minimum Gasteiger partial charge on any atom is -0.448 e. The molecule has 2 aliphatic rings. The number of carbonyl (C=O) groups is 1. The zero-order valence-electron chi connectivity index (χ0n) is 11.3. The lowest BCUT2D eigenvalue weighted by Gasteiger charge is -2.23. The number of aryl methyl sites for hydroxylation is 1. The van der Waals surface area contributed by atoms with Crippen molar-refractivity contribution in [1.29, 1.82) is 0 Å². The number of cyclic esters (lactones) is 1. The molecule has 102 valence electrons. The molecule has 0 aromatic carbocycles. The molecule has 19 heavy (non-hydrogen) atoms. The molecule has 3 heterocycles. The smallest absolute Gasteiger partial charge is 0.410 e. The molecule has 2 fully saturated rings. The summed E-state index contributed by atoms with van der Waals surface area (Å²) in [4.78, 5) is 24.2. The molecule has 6 heteroatoms. The Morgan fingerprint density at radius 1 is 1.32 bits per heavy atom. The van der Waals surface area contributed by atoms with E-state index in [0.717, 1.165) is 36.6 Å². The maximum atomic E-state index is 11.6. The van der Waals surface area contributed by atoms with E-state index in [9.17, 15) is 4.79 Å². The van der Waals surface area contributed by atoms with Crippen LogP contribution in [0.1, 0.15) is 17.7 Å². The zero-order valence-corrected chi connectivity index (χ0v) is 11.3. The Kier molecular flexibility index (Phi) is 3.00. The minimum absolute atomic E-state index is 0.178. The van der Waals surface area contributed by atoms with Gasteiger partial charge in [-0.2, -0.15) is 0 Å². The third-order valence-electron chi connectivity index (χ3n) is 4.01. The summed E-state index contributed by atoms with van der Waals surface area (Å²) in [5, 5.41) is 0. The largest absolute Gasteiger partial charge is 0.448 e. The van der Waals surface area contributed by atoms with Gasteiger partial charge in [0.05, 0.1) is 12.6 Å². The number of anilines is 1. The fourth-order valence-corrected chi connectivity index (χ4v) is 2.77. The Labute approximate surface area is 112 Å². The summed E-state index contributed by atoms with van der Waals surface area (Å²) in [6.45, 7) is 7.01. The lowest BCUT2D eigenvalue weighted by atomic mass is 10.2. The summed E-state index contributed by atoms with van der Waals surface area (Å²) in [5.41, 5.74) is 2.13. The summed E-state index contributed by atoms with van der Waals surface area (Å²) in [7, 11) is 0. The van der Waals surface area contributed by atoms with E-state index < -0.39 is 0 Å². The average molecular weight is 262 g/mol. The van der Waals surface area contributed by atoms with Crippen LogP contribution in [0.25, 0.3) is 0 Å². The van der Waals surface area contributed by atoms with E-state index in [4.69, 9.17) is 4.74 Å². The fraction of sp³-hybridized carbons (Fsp3) is 0.615. The Hall–Kier alpha value is -1.85. The summed E-state index contributed by atoms with van der Waals surface area (Å²) >= 11 is 0. The number of aromatic nitrogens is 2. The number of ether oxygens (including phenoxy) is 1. The third-order valence-corrected chi connectivity index (χ3v) is 4.01. The molecular formula is C13H18N4O2. The maximum Gasteiger partial charge on any atom is 0.410 e. The van der Waals surface area contributed by atoms with Crippen molar-refractivity contribution in [1.82, 2.24) is 14.9 Å². The van der Waals surface area contributed by atoms with Gasteiger partial charge in [0.15, 0.2) is 0 Å². The molecular weight excluding hydrogens is 244 g/mol. The SMILES string of the molecule is Cc1ncnc(N2CCC(N3CCOC3=O)C2)c1C. The molecule has 2 saturated heterocycles. The highest BCUT2D eigenvalue weighted by Gasteiger charge is 2.35. The van der Waals surface area contributed by atoms with Gasteiger partial charge in [0.1, 0.15) is 18.8 Å². The second-order valence-electron chi connectivity index (χ2n) is 5.10. The van der Waals surface area contributed by atoms with Crippen LogP contribution in [0.5, 0.6) is 0 Å². The molecule has 1 amide bonds. The standard InChI is InChI=1S/C13H18N4O2/c1-9-10(2)14-8-15-12(9)16-4-3-11(7-16)17-5-6-19-13(17)18/h8,11H,3-7H2,1-2H3. The second-order valence-corrected chi connectivity index (χ2v) is 5.10. The molecule has 0 radical (unpaired) electrons. The van der Waals surface area contributed by atoms with E-state index in [2.05, 4.69) is 14.9 Å². The van der Waals surface area contributed by atoms with Crippen molar-refractivity contribution in [2.45, 2.75) is 26.3 Å². The lowest BCUT2D eigenvalue weighted by Crippen LogP contribution is -2.38. The predicted octanol–water partition coefficient (Wildman–Crippen LogP) is 1.12. The number of hydrogen-bond acceptors (Lipinski definition) is 5. The molecule has 0 aliphatic carbocycles. The van der Waals surface area contributed by atoms with Gasteiger partial charge in [-0.15, -0.1) is 0 Å². The van der Waals surface area contributed by atoms with Crippen molar-refractivity contribution < 1.29 is 9.53 Å². The van der Waals surface area contributed by atoms with Crippen molar-refractivity contribution in [3.05, 3.63) is 17.6 Å². The first kappa shape index (κ1) is 12.2. The Balaban J connectivity index is 1.75. The van der Waals surface area contributed by atoms with Crippen LogP contribution in [0, 0.1) is 13.8 Å². The highest BCUT2D eigenvalue weighted by atomic mass is 16.6. The molecule has 2 aliphatic heterocycles. The topological polar surface area (TPSA) is 58.6 Å². The Bertz CT molecular complexity index is 505. The van der Waals surface area contributed by atoms with Gasteiger partial charge in [-0.1, -0.05) is 0 Å². The van der Waals surface area contributed by atoms with E-state index in [-0.39, 0.29) is 12.1 Å². The third kappa shape index (κ3) is 2.11. The van der Waals surface area contributed by atoms with Crippen LogP contribution in [0.3, 0.4) is 0 Å². The Morgan fingerprint density at radius 2 is 2.16 bits per heavy atom. The number of rotatable bonds is 2. The molecule has 1 aromatic rings. The van der Waals surface area contributed by atoms with Crippen LogP contribution in [-0.2, 0) is 4.74 Å². The number of nitrogens with zero attached hydrogens (tertiary/aromatic N) is 4. The number of hydrogen-bond donors (Lipinski definition) is 0. The minimum atomic E-state index is -0.178. The van der Waals surface area contributed by atoms with Crippen LogP contribution in [0.15, 0.2) is 6.33 Å². The fourth-order valence-electron chi connectivity index (χ4n) is 2.77. The molecule has 0 N–H and O–H groups in total. The van der Waals surface area contributed by atoms with E-state index in [0.29, 0.717) is 13.2 Å². The molecule has 3 rings (SSSR count). The first-order chi connectivity index (χ1) is 9.16. The van der Waals surface area contributed by atoms with Crippen molar-refractivity contribution in [2.75, 3.05) is 31.1 Å². The highest BCUT2D eigenvalue weighted by Crippen LogP contribution is 2.26. The summed E-state index contributed by atoms with van der Waals surface area (Å²) in [6.07, 6.45) is 2.40. The average Bonchev–Trinajstić information content (AvgIpc) is 3.01. The van der Waals surface area contributed by atoms with E-state index in [1.807, 2.05) is 18.7 Å². The predicted molar refractivity (Wildman–Crippen MR) is 70.2 cm³/mol. The summed E-state index contributed by atoms with van der Waals surface area (Å²) in [6, 6.07) is 0.240. The lowest BCUT2D eigenvalue weighted by molar-refractivity contribution is 0.150. The normalized spacial score (nSPS) is 23.1. The summed E-state index contributed by atoms with van der Waals surface area (Å²) < 4.78 is 5.00. The van der Waals surface area contributed by atoms with Crippen molar-refractivity contribution in [3.63, 3.8) is 0 Å². The monoisotopic (exact) mass is 262 g/mol. The number of carbonyl (C=O) groups excluding carboxylic acids is 1. The molecule has 1 aromatic heterocycles. The highest BCUT2D eigenvalue weighted by molar-refractivity contribution is 5.70. The van der Waals surface area contributed by atoms with Crippen LogP contribution in [-0.4, -0.2) is 53.2 Å². The van der Waals surface area contributed by atoms with Crippen molar-refractivity contribution in [2.24, 2.45) is 0 Å². The molecule has 1 unspecified atom stereocenters.